The molecule has 4 aromatic rings. The molecule has 0 saturated carbocycles. The molecule has 0 aliphatic carbocycles. The number of benzene rings is 3. The summed E-state index contributed by atoms with van der Waals surface area (Å²) >= 11 is 31.0. The smallest absolute Gasteiger partial charge is 0.328 e. The molecule has 0 bridgehead atoms. The van der Waals surface area contributed by atoms with E-state index in [-0.39, 0.29) is 12.1 Å². The fraction of sp³-hybridized carbons (Fsp3) is 0.148. The molecule has 1 heterocycles. The van der Waals surface area contributed by atoms with E-state index >= 15 is 0 Å². The van der Waals surface area contributed by atoms with Gasteiger partial charge in [-0.15, -0.1) is 0 Å². The lowest BCUT2D eigenvalue weighted by molar-refractivity contribution is -0.142. The van der Waals surface area contributed by atoms with Gasteiger partial charge in [0.2, 0.25) is 0 Å². The fourth-order valence-electron chi connectivity index (χ4n) is 3.95. The van der Waals surface area contributed by atoms with Crippen LogP contribution in [0.15, 0.2) is 60.7 Å². The van der Waals surface area contributed by atoms with Gasteiger partial charge in [0.05, 0.1) is 23.5 Å². The van der Waals surface area contributed by atoms with Crippen molar-refractivity contribution < 1.29 is 14.3 Å². The summed E-state index contributed by atoms with van der Waals surface area (Å²) in [7, 11) is 1.24. The normalized spacial score (nSPS) is 11.8. The van der Waals surface area contributed by atoms with Crippen LogP contribution in [0.1, 0.15) is 21.6 Å². The van der Waals surface area contributed by atoms with Crippen LogP contribution in [0.4, 0.5) is 0 Å². The molecule has 0 aliphatic heterocycles. The van der Waals surface area contributed by atoms with Crippen molar-refractivity contribution in [2.45, 2.75) is 19.4 Å². The van der Waals surface area contributed by atoms with Crippen molar-refractivity contribution in [2.75, 3.05) is 7.11 Å². The molecule has 0 radical (unpaired) electrons. The molecule has 1 atom stereocenters. The Bertz CT molecular complexity index is 1520. The second kappa shape index (κ2) is 12.0. The number of carbonyl (C=O) groups is 2. The maximum absolute atomic E-state index is 13.5. The van der Waals surface area contributed by atoms with Gasteiger partial charge >= 0.3 is 5.97 Å². The summed E-state index contributed by atoms with van der Waals surface area (Å²) in [5.74, 6) is -1.22. The monoisotopic (exact) mass is 609 g/mol. The molecule has 6 nitrogen and oxygen atoms in total. The van der Waals surface area contributed by atoms with Crippen LogP contribution in [0, 0.1) is 6.92 Å². The van der Waals surface area contributed by atoms with E-state index in [1.54, 1.807) is 60.1 Å². The minimum atomic E-state index is -1.03. The highest BCUT2D eigenvalue weighted by atomic mass is 35.5. The van der Waals surface area contributed by atoms with E-state index in [2.05, 4.69) is 10.4 Å². The minimum absolute atomic E-state index is 0.0845. The largest absolute Gasteiger partial charge is 0.467 e. The van der Waals surface area contributed by atoms with Crippen molar-refractivity contribution in [3.63, 3.8) is 0 Å². The Labute approximate surface area is 244 Å². The lowest BCUT2D eigenvalue weighted by Gasteiger charge is -2.17. The van der Waals surface area contributed by atoms with Gasteiger partial charge in [0, 0.05) is 37.6 Å². The van der Waals surface area contributed by atoms with E-state index in [0.29, 0.717) is 47.6 Å². The number of rotatable bonds is 7. The molecule has 0 saturated heterocycles. The van der Waals surface area contributed by atoms with Crippen LogP contribution in [0.2, 0.25) is 25.1 Å². The molecule has 1 amide bonds. The summed E-state index contributed by atoms with van der Waals surface area (Å²) in [5.41, 5.74) is 3.15. The second-order valence-electron chi connectivity index (χ2n) is 8.33. The molecule has 1 N–H and O–H groups in total. The maximum atomic E-state index is 13.5. The molecule has 4 rings (SSSR count). The Morgan fingerprint density at radius 3 is 2.11 bits per heavy atom. The predicted molar refractivity (Wildman–Crippen MR) is 152 cm³/mol. The molecular formula is C27H20Cl5N3O3. The third kappa shape index (κ3) is 6.11. The van der Waals surface area contributed by atoms with Crippen LogP contribution in [-0.2, 0) is 16.0 Å². The van der Waals surface area contributed by atoms with Gasteiger partial charge in [-0.3, -0.25) is 4.79 Å². The summed E-state index contributed by atoms with van der Waals surface area (Å²) in [6, 6.07) is 15.9. The number of carbonyl (C=O) groups excluding carboxylic acids is 2. The molecular weight excluding hydrogens is 592 g/mol. The Morgan fingerprint density at radius 1 is 0.895 bits per heavy atom. The van der Waals surface area contributed by atoms with Crippen LogP contribution in [0.3, 0.4) is 0 Å². The Kier molecular flexibility index (Phi) is 8.91. The lowest BCUT2D eigenvalue weighted by Crippen LogP contribution is -2.43. The van der Waals surface area contributed by atoms with E-state index in [1.165, 1.54) is 7.11 Å². The van der Waals surface area contributed by atoms with E-state index in [9.17, 15) is 9.59 Å². The maximum Gasteiger partial charge on any atom is 0.328 e. The van der Waals surface area contributed by atoms with Gasteiger partial charge in [0.15, 0.2) is 5.69 Å². The molecule has 38 heavy (non-hydrogen) atoms. The van der Waals surface area contributed by atoms with Gasteiger partial charge in [-0.05, 0) is 55.0 Å². The van der Waals surface area contributed by atoms with E-state index in [0.717, 1.165) is 5.56 Å². The summed E-state index contributed by atoms with van der Waals surface area (Å²) in [6.45, 7) is 1.76. The minimum Gasteiger partial charge on any atom is -0.467 e. The average molecular weight is 612 g/mol. The molecule has 1 aromatic heterocycles. The van der Waals surface area contributed by atoms with Crippen LogP contribution in [-0.4, -0.2) is 34.8 Å². The fourth-order valence-corrected chi connectivity index (χ4v) is 5.06. The van der Waals surface area contributed by atoms with E-state index in [1.807, 2.05) is 12.1 Å². The Hall–Kier alpha value is -2.74. The SMILES string of the molecule is COC(=O)[C@@H](Cc1ccc(Cl)cc1Cl)NC(=O)c1nn(-c2ccc(Cl)cc2Cl)c(-c2ccc(Cl)cc2)c1C. The number of nitrogens with zero attached hydrogens (tertiary/aromatic N) is 2. The first-order valence-corrected chi connectivity index (χ1v) is 13.1. The third-order valence-corrected chi connectivity index (χ3v) is 7.20. The first-order chi connectivity index (χ1) is 18.1. The molecule has 0 fully saturated rings. The van der Waals surface area contributed by atoms with Gasteiger partial charge in [0.1, 0.15) is 6.04 Å². The molecule has 0 aliphatic rings. The number of ether oxygens (including phenoxy) is 1. The Morgan fingerprint density at radius 2 is 1.50 bits per heavy atom. The third-order valence-electron chi connectivity index (χ3n) is 5.82. The highest BCUT2D eigenvalue weighted by molar-refractivity contribution is 6.36. The Balaban J connectivity index is 1.76. The number of hydrogen-bond donors (Lipinski definition) is 1. The molecule has 0 spiro atoms. The van der Waals surface area contributed by atoms with E-state index < -0.39 is 17.9 Å². The van der Waals surface area contributed by atoms with Crippen LogP contribution in [0.25, 0.3) is 16.9 Å². The van der Waals surface area contributed by atoms with Crippen molar-refractivity contribution in [1.29, 1.82) is 0 Å². The van der Waals surface area contributed by atoms with Crippen LogP contribution in [0.5, 0.6) is 0 Å². The predicted octanol–water partition coefficient (Wildman–Crippen LogP) is 7.63. The molecule has 11 heteroatoms. The van der Waals surface area contributed by atoms with E-state index in [4.69, 9.17) is 62.7 Å². The zero-order valence-electron chi connectivity index (χ0n) is 20.1. The van der Waals surface area contributed by atoms with Crippen molar-refractivity contribution in [3.8, 4) is 16.9 Å². The number of amides is 1. The number of aromatic nitrogens is 2. The second-order valence-corrected chi connectivity index (χ2v) is 10.4. The number of methoxy groups -OCH3 is 1. The van der Waals surface area contributed by atoms with Gasteiger partial charge in [-0.2, -0.15) is 5.10 Å². The molecule has 3 aromatic carbocycles. The molecule has 0 unspecified atom stereocenters. The summed E-state index contributed by atoms with van der Waals surface area (Å²) in [5, 5.41) is 9.50. The number of nitrogens with one attached hydrogen (secondary N) is 1. The van der Waals surface area contributed by atoms with Gasteiger partial charge in [-0.1, -0.05) is 76.2 Å². The summed E-state index contributed by atoms with van der Waals surface area (Å²) < 4.78 is 6.49. The topological polar surface area (TPSA) is 73.2 Å². The highest BCUT2D eigenvalue weighted by Crippen LogP contribution is 2.33. The average Bonchev–Trinajstić information content (AvgIpc) is 3.21. The van der Waals surface area contributed by atoms with Crippen LogP contribution >= 0.6 is 58.0 Å². The van der Waals surface area contributed by atoms with Crippen LogP contribution < -0.4 is 5.32 Å². The number of esters is 1. The van der Waals surface area contributed by atoms with Crippen molar-refractivity contribution in [2.24, 2.45) is 0 Å². The van der Waals surface area contributed by atoms with Crippen molar-refractivity contribution >= 4 is 69.9 Å². The zero-order chi connectivity index (χ0) is 27.6. The first kappa shape index (κ1) is 28.3. The van der Waals surface area contributed by atoms with Gasteiger partial charge in [0.25, 0.3) is 5.91 Å². The summed E-state index contributed by atoms with van der Waals surface area (Å²) in [6.07, 6.45) is 0.0845. The van der Waals surface area contributed by atoms with Gasteiger partial charge < -0.3 is 10.1 Å². The zero-order valence-corrected chi connectivity index (χ0v) is 23.8. The molecule has 196 valence electrons. The van der Waals surface area contributed by atoms with Crippen molar-refractivity contribution in [1.82, 2.24) is 15.1 Å². The lowest BCUT2D eigenvalue weighted by atomic mass is 10.0. The number of halogens is 5. The summed E-state index contributed by atoms with van der Waals surface area (Å²) in [4.78, 5) is 26.1. The number of hydrogen-bond acceptors (Lipinski definition) is 4. The quantitative estimate of drug-likeness (QED) is 0.218. The highest BCUT2D eigenvalue weighted by Gasteiger charge is 2.28. The van der Waals surface area contributed by atoms with Crippen molar-refractivity contribution in [3.05, 3.63) is 103 Å². The van der Waals surface area contributed by atoms with Gasteiger partial charge in [-0.25, -0.2) is 9.48 Å². The standard InChI is InChI=1S/C27H20Cl5N3O3/c1-14-24(26(36)33-22(27(37)38-2)11-16-5-8-18(29)12-20(16)31)34-35(23-10-9-19(30)13-21(23)32)25(14)15-3-6-17(28)7-4-15/h3-10,12-13,22H,11H2,1-2H3,(H,33,36)/t22-/m1/s1. The first-order valence-electron chi connectivity index (χ1n) is 11.2.